The lowest BCUT2D eigenvalue weighted by Gasteiger charge is -2.05. The van der Waals surface area contributed by atoms with Gasteiger partial charge in [-0.15, -0.1) is 0 Å². The summed E-state index contributed by atoms with van der Waals surface area (Å²) >= 11 is 3.30. The van der Waals surface area contributed by atoms with Crippen molar-refractivity contribution in [3.05, 3.63) is 58.8 Å². The molecule has 3 aromatic rings. The second-order valence-corrected chi connectivity index (χ2v) is 5.51. The van der Waals surface area contributed by atoms with Crippen molar-refractivity contribution in [2.45, 2.75) is 13.8 Å². The van der Waals surface area contributed by atoms with Crippen molar-refractivity contribution in [2.75, 3.05) is 11.5 Å². The molecule has 0 fully saturated rings. The first kappa shape index (κ1) is 16.0. The molecule has 0 atom stereocenters. The summed E-state index contributed by atoms with van der Waals surface area (Å²) in [7, 11) is 0. The van der Waals surface area contributed by atoms with Gasteiger partial charge in [-0.1, -0.05) is 0 Å². The van der Waals surface area contributed by atoms with E-state index in [-0.39, 0.29) is 0 Å². The summed E-state index contributed by atoms with van der Waals surface area (Å²) in [5, 5.41) is 4.11. The molecule has 0 amide bonds. The van der Waals surface area contributed by atoms with Crippen molar-refractivity contribution in [1.29, 1.82) is 0 Å². The van der Waals surface area contributed by atoms with Crippen LogP contribution in [0, 0.1) is 13.8 Å². The number of aryl methyl sites for hydroxylation is 2. The minimum atomic E-state index is 0.649. The number of rotatable bonds is 1. The molecule has 0 saturated heterocycles. The van der Waals surface area contributed by atoms with Crippen LogP contribution in [0.3, 0.4) is 0 Å². The molecule has 0 aliphatic carbocycles. The molecule has 114 valence electrons. The van der Waals surface area contributed by atoms with Gasteiger partial charge in [-0.25, -0.2) is 4.68 Å². The highest BCUT2D eigenvalue weighted by molar-refractivity contribution is 9.10. The highest BCUT2D eigenvalue weighted by Crippen LogP contribution is 2.15. The zero-order valence-electron chi connectivity index (χ0n) is 12.4. The van der Waals surface area contributed by atoms with Crippen LogP contribution in [0.25, 0.3) is 5.69 Å². The van der Waals surface area contributed by atoms with Crippen molar-refractivity contribution >= 4 is 27.3 Å². The van der Waals surface area contributed by atoms with Gasteiger partial charge in [-0.05, 0) is 48.0 Å². The van der Waals surface area contributed by atoms with Gasteiger partial charge in [-0.3, -0.25) is 9.97 Å². The van der Waals surface area contributed by atoms with Gasteiger partial charge in [0.05, 0.1) is 40.8 Å². The van der Waals surface area contributed by atoms with Crippen molar-refractivity contribution < 1.29 is 0 Å². The third kappa shape index (κ3) is 4.05. The Labute approximate surface area is 137 Å². The van der Waals surface area contributed by atoms with Gasteiger partial charge in [0, 0.05) is 16.9 Å². The van der Waals surface area contributed by atoms with Crippen LogP contribution in [0.2, 0.25) is 0 Å². The summed E-state index contributed by atoms with van der Waals surface area (Å²) in [5.41, 5.74) is 15.2. The average molecular weight is 361 g/mol. The fraction of sp³-hybridized carbons (Fsp3) is 0.133. The fourth-order valence-electron chi connectivity index (χ4n) is 1.70. The zero-order chi connectivity index (χ0) is 16.1. The van der Waals surface area contributed by atoms with Gasteiger partial charge in [0.25, 0.3) is 0 Å². The number of nitrogen functional groups attached to an aromatic ring is 2. The van der Waals surface area contributed by atoms with E-state index in [0.29, 0.717) is 11.4 Å². The van der Waals surface area contributed by atoms with Crippen molar-refractivity contribution in [2.24, 2.45) is 0 Å². The van der Waals surface area contributed by atoms with Gasteiger partial charge in [0.1, 0.15) is 0 Å². The second-order valence-electron chi connectivity index (χ2n) is 4.66. The van der Waals surface area contributed by atoms with Crippen LogP contribution < -0.4 is 11.5 Å². The molecule has 0 bridgehead atoms. The maximum atomic E-state index is 5.63. The van der Waals surface area contributed by atoms with Crippen molar-refractivity contribution in [3.63, 3.8) is 0 Å². The molecule has 6 nitrogen and oxygen atoms in total. The molecule has 0 unspecified atom stereocenters. The molecule has 7 heteroatoms. The maximum Gasteiger partial charge on any atom is 0.0878 e. The predicted molar refractivity (Wildman–Crippen MR) is 91.6 cm³/mol. The van der Waals surface area contributed by atoms with Gasteiger partial charge < -0.3 is 11.5 Å². The van der Waals surface area contributed by atoms with Gasteiger partial charge in [0.2, 0.25) is 0 Å². The first-order valence-electron chi connectivity index (χ1n) is 6.57. The molecule has 3 aromatic heterocycles. The molecular weight excluding hydrogens is 344 g/mol. The van der Waals surface area contributed by atoms with Crippen molar-refractivity contribution in [3.8, 4) is 5.69 Å². The Bertz CT molecular complexity index is 755. The first-order valence-corrected chi connectivity index (χ1v) is 7.36. The molecule has 0 spiro atoms. The van der Waals surface area contributed by atoms with E-state index in [2.05, 4.69) is 31.0 Å². The Balaban J connectivity index is 0.000000172. The molecule has 0 aliphatic rings. The van der Waals surface area contributed by atoms with Gasteiger partial charge >= 0.3 is 0 Å². The Morgan fingerprint density at radius 2 is 1.64 bits per heavy atom. The molecule has 0 aliphatic heterocycles. The Morgan fingerprint density at radius 1 is 1.00 bits per heavy atom. The van der Waals surface area contributed by atoms with E-state index in [1.807, 2.05) is 38.2 Å². The number of nitrogens with zero attached hydrogens (tertiary/aromatic N) is 4. The van der Waals surface area contributed by atoms with Crippen LogP contribution in [0.4, 0.5) is 11.4 Å². The largest absolute Gasteiger partial charge is 0.397 e. The summed E-state index contributed by atoms with van der Waals surface area (Å²) < 4.78 is 2.71. The highest BCUT2D eigenvalue weighted by Gasteiger charge is 2.01. The number of pyridine rings is 2. The monoisotopic (exact) mass is 360 g/mol. The number of hydrogen-bond acceptors (Lipinski definition) is 5. The van der Waals surface area contributed by atoms with E-state index in [9.17, 15) is 0 Å². The van der Waals surface area contributed by atoms with E-state index in [1.54, 1.807) is 23.3 Å². The number of nitrogens with two attached hydrogens (primary N) is 2. The van der Waals surface area contributed by atoms with E-state index >= 15 is 0 Å². The molecule has 3 rings (SSSR count). The van der Waals surface area contributed by atoms with Gasteiger partial charge in [-0.2, -0.15) is 5.10 Å². The zero-order valence-corrected chi connectivity index (χ0v) is 13.9. The van der Waals surface area contributed by atoms with Crippen LogP contribution in [0.5, 0.6) is 0 Å². The Hall–Kier alpha value is -2.41. The van der Waals surface area contributed by atoms with E-state index in [0.717, 1.165) is 21.5 Å². The van der Waals surface area contributed by atoms with Crippen LogP contribution in [-0.4, -0.2) is 19.7 Å². The molecule has 4 N–H and O–H groups in total. The minimum Gasteiger partial charge on any atom is -0.397 e. The third-order valence-electron chi connectivity index (χ3n) is 2.88. The standard InChI is InChI=1S/C9H10N4.C6H7BrN2/c1-7-9(5-8(10)6-11-7)13-4-2-3-12-13;1-4-6(7)2-5(8)3-9-4/h2-6H,10H2,1H3;2-3H,8H2,1H3. The van der Waals surface area contributed by atoms with Crippen LogP contribution in [0.15, 0.2) is 47.5 Å². The summed E-state index contributed by atoms with van der Waals surface area (Å²) in [4.78, 5) is 8.16. The van der Waals surface area contributed by atoms with Crippen molar-refractivity contribution in [1.82, 2.24) is 19.7 Å². The summed E-state index contributed by atoms with van der Waals surface area (Å²) in [6.07, 6.45) is 6.87. The van der Waals surface area contributed by atoms with E-state index < -0.39 is 0 Å². The first-order chi connectivity index (χ1) is 10.5. The minimum absolute atomic E-state index is 0.649. The molecule has 22 heavy (non-hydrogen) atoms. The predicted octanol–water partition coefficient (Wildman–Crippen LogP) is 2.89. The quantitative estimate of drug-likeness (QED) is 0.695. The number of hydrogen-bond donors (Lipinski definition) is 2. The summed E-state index contributed by atoms with van der Waals surface area (Å²) in [6, 6.07) is 5.56. The number of anilines is 2. The highest BCUT2D eigenvalue weighted by atomic mass is 79.9. The average Bonchev–Trinajstić information content (AvgIpc) is 3.01. The fourth-order valence-corrected chi connectivity index (χ4v) is 2.07. The lowest BCUT2D eigenvalue weighted by atomic mass is 10.3. The Morgan fingerprint density at radius 3 is 2.18 bits per heavy atom. The van der Waals surface area contributed by atoms with E-state index in [1.165, 1.54) is 0 Å². The topological polar surface area (TPSA) is 95.6 Å². The maximum absolute atomic E-state index is 5.63. The second kappa shape index (κ2) is 7.04. The summed E-state index contributed by atoms with van der Waals surface area (Å²) in [6.45, 7) is 3.85. The van der Waals surface area contributed by atoms with Gasteiger partial charge in [0.15, 0.2) is 0 Å². The molecule has 3 heterocycles. The number of aromatic nitrogens is 4. The molecular formula is C15H17BrN6. The van der Waals surface area contributed by atoms with Crippen LogP contribution in [0.1, 0.15) is 11.4 Å². The molecule has 0 saturated carbocycles. The normalized spacial score (nSPS) is 9.95. The number of halogens is 1. The Kier molecular flexibility index (Phi) is 5.11. The molecule has 0 radical (unpaired) electrons. The SMILES string of the molecule is Cc1ncc(N)cc1-n1cccn1.Cc1ncc(N)cc1Br. The third-order valence-corrected chi connectivity index (χ3v) is 3.68. The lowest BCUT2D eigenvalue weighted by molar-refractivity contribution is 0.862. The lowest BCUT2D eigenvalue weighted by Crippen LogP contribution is -2.00. The molecule has 0 aromatic carbocycles. The van der Waals surface area contributed by atoms with E-state index in [4.69, 9.17) is 11.5 Å². The van der Waals surface area contributed by atoms with Crippen LogP contribution in [-0.2, 0) is 0 Å². The smallest absolute Gasteiger partial charge is 0.0878 e. The van der Waals surface area contributed by atoms with Crippen LogP contribution >= 0.6 is 15.9 Å². The summed E-state index contributed by atoms with van der Waals surface area (Å²) in [5.74, 6) is 0.